The molecule has 174 valence electrons. The Labute approximate surface area is 196 Å². The molecular weight excluding hydrogens is 444 g/mol. The number of carboxylic acids is 1. The van der Waals surface area contributed by atoms with Crippen molar-refractivity contribution in [2.75, 3.05) is 20.8 Å². The van der Waals surface area contributed by atoms with Gasteiger partial charge in [0.05, 0.1) is 32.0 Å². The molecular formula is C24H26N2O6S. The van der Waals surface area contributed by atoms with Crippen LogP contribution in [0.5, 0.6) is 11.5 Å². The number of carbonyl (C=O) groups excluding carboxylic acids is 1. The second-order valence-electron chi connectivity index (χ2n) is 7.13. The molecule has 1 aliphatic rings. The Kier molecular flexibility index (Phi) is 8.00. The molecule has 1 aliphatic heterocycles. The fraction of sp³-hybridized carbons (Fsp3) is 0.292. The van der Waals surface area contributed by atoms with Gasteiger partial charge < -0.3 is 24.6 Å². The molecule has 0 radical (unpaired) electrons. The van der Waals surface area contributed by atoms with Crippen LogP contribution in [0.3, 0.4) is 0 Å². The third-order valence-electron chi connectivity index (χ3n) is 4.99. The SMILES string of the molecule is CCOC(=O)C1=C(C)NC(SCc2cccc(C(=O)O)c2)=N[C@H]1c1ccc(OC)c(OC)c1. The topological polar surface area (TPSA) is 106 Å². The Morgan fingerprint density at radius 2 is 1.88 bits per heavy atom. The molecule has 0 unspecified atom stereocenters. The monoisotopic (exact) mass is 470 g/mol. The maximum absolute atomic E-state index is 12.7. The van der Waals surface area contributed by atoms with Gasteiger partial charge in [-0.05, 0) is 49.2 Å². The largest absolute Gasteiger partial charge is 0.493 e. The summed E-state index contributed by atoms with van der Waals surface area (Å²) in [4.78, 5) is 28.8. The lowest BCUT2D eigenvalue weighted by Crippen LogP contribution is -2.30. The summed E-state index contributed by atoms with van der Waals surface area (Å²) in [6.07, 6.45) is 0. The molecule has 33 heavy (non-hydrogen) atoms. The summed E-state index contributed by atoms with van der Waals surface area (Å²) in [7, 11) is 3.11. The highest BCUT2D eigenvalue weighted by molar-refractivity contribution is 8.13. The van der Waals surface area contributed by atoms with E-state index < -0.39 is 18.0 Å². The quantitative estimate of drug-likeness (QED) is 0.554. The number of aliphatic imine (C=N–C) groups is 1. The fourth-order valence-corrected chi connectivity index (χ4v) is 4.29. The van der Waals surface area contributed by atoms with Crippen LogP contribution in [0.2, 0.25) is 0 Å². The van der Waals surface area contributed by atoms with Gasteiger partial charge in [0.25, 0.3) is 0 Å². The summed E-state index contributed by atoms with van der Waals surface area (Å²) < 4.78 is 16.0. The number of hydrogen-bond acceptors (Lipinski definition) is 8. The Balaban J connectivity index is 1.93. The van der Waals surface area contributed by atoms with Gasteiger partial charge in [0.1, 0.15) is 6.04 Å². The number of nitrogens with one attached hydrogen (secondary N) is 1. The number of rotatable bonds is 8. The Morgan fingerprint density at radius 1 is 1.12 bits per heavy atom. The van der Waals surface area contributed by atoms with Crippen LogP contribution in [0, 0.1) is 0 Å². The lowest BCUT2D eigenvalue weighted by atomic mass is 9.96. The summed E-state index contributed by atoms with van der Waals surface area (Å²) in [5.41, 5.74) is 2.90. The highest BCUT2D eigenvalue weighted by Crippen LogP contribution is 2.37. The minimum absolute atomic E-state index is 0.232. The number of ether oxygens (including phenoxy) is 3. The molecule has 0 fully saturated rings. The number of hydrogen-bond donors (Lipinski definition) is 2. The first-order chi connectivity index (χ1) is 15.9. The molecule has 2 aromatic carbocycles. The zero-order chi connectivity index (χ0) is 24.0. The average molecular weight is 471 g/mol. The van der Waals surface area contributed by atoms with Crippen molar-refractivity contribution in [3.8, 4) is 11.5 Å². The molecule has 2 N–H and O–H groups in total. The summed E-state index contributed by atoms with van der Waals surface area (Å²) >= 11 is 1.42. The van der Waals surface area contributed by atoms with Crippen molar-refractivity contribution in [2.45, 2.75) is 25.6 Å². The van der Waals surface area contributed by atoms with E-state index in [4.69, 9.17) is 19.2 Å². The van der Waals surface area contributed by atoms with Crippen LogP contribution >= 0.6 is 11.8 Å². The van der Waals surface area contributed by atoms with Gasteiger partial charge in [0, 0.05) is 11.4 Å². The van der Waals surface area contributed by atoms with Crippen molar-refractivity contribution in [2.24, 2.45) is 4.99 Å². The number of benzene rings is 2. The van der Waals surface area contributed by atoms with Crippen LogP contribution in [-0.4, -0.2) is 43.0 Å². The van der Waals surface area contributed by atoms with Crippen LogP contribution in [0.15, 0.2) is 58.7 Å². The number of allylic oxidation sites excluding steroid dienone is 1. The number of esters is 1. The number of carbonyl (C=O) groups is 2. The van der Waals surface area contributed by atoms with Crippen molar-refractivity contribution in [1.82, 2.24) is 5.32 Å². The minimum atomic E-state index is -0.971. The van der Waals surface area contributed by atoms with Crippen molar-refractivity contribution in [3.63, 3.8) is 0 Å². The van der Waals surface area contributed by atoms with E-state index in [1.165, 1.54) is 11.8 Å². The number of aromatic carboxylic acids is 1. The van der Waals surface area contributed by atoms with Crippen LogP contribution in [0.1, 0.15) is 41.4 Å². The molecule has 1 heterocycles. The van der Waals surface area contributed by atoms with Crippen molar-refractivity contribution in [1.29, 1.82) is 0 Å². The number of thioether (sulfide) groups is 1. The standard InChI is InChI=1S/C24H26N2O6S/c1-5-32-23(29)20-14(2)25-24(33-13-15-7-6-8-17(11-15)22(27)28)26-21(20)16-9-10-18(30-3)19(12-16)31-4/h6-12,21H,5,13H2,1-4H3,(H,25,26)(H,27,28)/t21-/m0/s1. The second-order valence-corrected chi connectivity index (χ2v) is 8.09. The van der Waals surface area contributed by atoms with E-state index >= 15 is 0 Å². The number of nitrogens with zero attached hydrogens (tertiary/aromatic N) is 1. The summed E-state index contributed by atoms with van der Waals surface area (Å²) in [6, 6.07) is 11.6. The normalized spacial score (nSPS) is 15.4. The number of carboxylic acid groups (broad SMARTS) is 1. The van der Waals surface area contributed by atoms with Gasteiger partial charge in [0.2, 0.25) is 0 Å². The van der Waals surface area contributed by atoms with E-state index in [2.05, 4.69) is 5.32 Å². The van der Waals surface area contributed by atoms with E-state index in [0.717, 1.165) is 11.1 Å². The third kappa shape index (κ3) is 5.67. The first-order valence-electron chi connectivity index (χ1n) is 10.3. The number of amidine groups is 1. The molecule has 0 spiro atoms. The van der Waals surface area contributed by atoms with E-state index in [0.29, 0.717) is 33.7 Å². The van der Waals surface area contributed by atoms with Crippen LogP contribution < -0.4 is 14.8 Å². The van der Waals surface area contributed by atoms with Crippen LogP contribution in [0.25, 0.3) is 0 Å². The molecule has 9 heteroatoms. The smallest absolute Gasteiger partial charge is 0.338 e. The van der Waals surface area contributed by atoms with E-state index in [9.17, 15) is 14.7 Å². The van der Waals surface area contributed by atoms with E-state index in [1.807, 2.05) is 12.1 Å². The fourth-order valence-electron chi connectivity index (χ4n) is 3.40. The lowest BCUT2D eigenvalue weighted by Gasteiger charge is -2.26. The first-order valence-corrected chi connectivity index (χ1v) is 11.3. The molecule has 8 nitrogen and oxygen atoms in total. The van der Waals surface area contributed by atoms with Gasteiger partial charge in [-0.1, -0.05) is 30.0 Å². The second kappa shape index (κ2) is 10.9. The highest BCUT2D eigenvalue weighted by atomic mass is 32.2. The van der Waals surface area contributed by atoms with E-state index in [-0.39, 0.29) is 12.2 Å². The summed E-state index contributed by atoms with van der Waals surface area (Å²) in [5.74, 6) is 0.202. The molecule has 0 aliphatic carbocycles. The van der Waals surface area contributed by atoms with Crippen molar-refractivity contribution in [3.05, 3.63) is 70.4 Å². The van der Waals surface area contributed by atoms with Gasteiger partial charge in [-0.15, -0.1) is 0 Å². The maximum atomic E-state index is 12.7. The number of methoxy groups -OCH3 is 2. The molecule has 3 rings (SSSR count). The lowest BCUT2D eigenvalue weighted by molar-refractivity contribution is -0.138. The van der Waals surface area contributed by atoms with Gasteiger partial charge >= 0.3 is 11.9 Å². The van der Waals surface area contributed by atoms with Gasteiger partial charge in [-0.2, -0.15) is 0 Å². The molecule has 0 saturated carbocycles. The summed E-state index contributed by atoms with van der Waals surface area (Å²) in [6.45, 7) is 3.81. The van der Waals surface area contributed by atoms with Gasteiger partial charge in [-0.25, -0.2) is 14.6 Å². The maximum Gasteiger partial charge on any atom is 0.338 e. The Bertz CT molecular complexity index is 1110. The van der Waals surface area contributed by atoms with Crippen molar-refractivity contribution < 1.29 is 28.9 Å². The first kappa shape index (κ1) is 24.2. The van der Waals surface area contributed by atoms with E-state index in [1.54, 1.807) is 58.4 Å². The molecule has 1 atom stereocenters. The average Bonchev–Trinajstić information content (AvgIpc) is 2.82. The van der Waals surface area contributed by atoms with Gasteiger partial charge in [0.15, 0.2) is 16.7 Å². The Hall–Kier alpha value is -3.46. The Morgan fingerprint density at radius 3 is 2.55 bits per heavy atom. The van der Waals surface area contributed by atoms with Crippen LogP contribution in [0.4, 0.5) is 0 Å². The molecule has 2 aromatic rings. The molecule has 0 bridgehead atoms. The molecule has 0 aromatic heterocycles. The zero-order valence-electron chi connectivity index (χ0n) is 18.9. The summed E-state index contributed by atoms with van der Waals surface area (Å²) in [5, 5.41) is 13.0. The third-order valence-corrected chi connectivity index (χ3v) is 5.94. The molecule has 0 amide bonds. The van der Waals surface area contributed by atoms with Gasteiger partial charge in [-0.3, -0.25) is 0 Å². The molecule has 0 saturated heterocycles. The minimum Gasteiger partial charge on any atom is -0.493 e. The predicted octanol–water partition coefficient (Wildman–Crippen LogP) is 4.17. The zero-order valence-corrected chi connectivity index (χ0v) is 19.7. The van der Waals surface area contributed by atoms with Crippen molar-refractivity contribution >= 4 is 28.9 Å². The van der Waals surface area contributed by atoms with Crippen LogP contribution in [-0.2, 0) is 15.3 Å². The highest BCUT2D eigenvalue weighted by Gasteiger charge is 2.31. The predicted molar refractivity (Wildman–Crippen MR) is 127 cm³/mol.